The average Bonchev–Trinajstić information content (AvgIpc) is 2.28. The zero-order chi connectivity index (χ0) is 12.7. The van der Waals surface area contributed by atoms with Gasteiger partial charge in [0.2, 0.25) is 0 Å². The molecule has 0 spiro atoms. The lowest BCUT2D eigenvalue weighted by atomic mass is 10.1. The topological polar surface area (TPSA) is 62.2 Å². The molecule has 0 saturated carbocycles. The molecule has 1 rings (SSSR count). The van der Waals surface area contributed by atoms with Crippen molar-refractivity contribution in [2.75, 3.05) is 0 Å². The SMILES string of the molecule is C#Cc1cccc(CCC[C@H](C)NC(=O)O)n1. The molecular weight excluding hydrogens is 216 g/mol. The van der Waals surface area contributed by atoms with E-state index in [4.69, 9.17) is 11.5 Å². The summed E-state index contributed by atoms with van der Waals surface area (Å²) in [5, 5.41) is 10.9. The second-order valence-corrected chi connectivity index (χ2v) is 3.90. The van der Waals surface area contributed by atoms with Crippen molar-refractivity contribution in [2.45, 2.75) is 32.2 Å². The molecule has 0 aliphatic rings. The molecule has 0 unspecified atom stereocenters. The lowest BCUT2D eigenvalue weighted by molar-refractivity contribution is 0.190. The van der Waals surface area contributed by atoms with Gasteiger partial charge in [-0.15, -0.1) is 6.42 Å². The van der Waals surface area contributed by atoms with Gasteiger partial charge >= 0.3 is 6.09 Å². The molecule has 0 aromatic carbocycles. The summed E-state index contributed by atoms with van der Waals surface area (Å²) >= 11 is 0. The summed E-state index contributed by atoms with van der Waals surface area (Å²) in [5.74, 6) is 2.49. The zero-order valence-electron chi connectivity index (χ0n) is 9.81. The van der Waals surface area contributed by atoms with Crippen molar-refractivity contribution in [1.82, 2.24) is 10.3 Å². The van der Waals surface area contributed by atoms with Crippen LogP contribution in [0.3, 0.4) is 0 Å². The quantitative estimate of drug-likeness (QED) is 0.764. The molecule has 17 heavy (non-hydrogen) atoms. The molecule has 0 bridgehead atoms. The predicted octanol–water partition coefficient (Wildman–Crippen LogP) is 2.04. The molecule has 0 aliphatic heterocycles. The number of amides is 1. The van der Waals surface area contributed by atoms with E-state index in [0.29, 0.717) is 5.69 Å². The normalized spacial score (nSPS) is 11.5. The molecule has 1 amide bonds. The molecule has 1 aromatic rings. The van der Waals surface area contributed by atoms with E-state index in [1.807, 2.05) is 19.1 Å². The van der Waals surface area contributed by atoms with Gasteiger partial charge < -0.3 is 10.4 Å². The monoisotopic (exact) mass is 232 g/mol. The van der Waals surface area contributed by atoms with Gasteiger partial charge in [0.15, 0.2) is 0 Å². The molecule has 1 atom stereocenters. The summed E-state index contributed by atoms with van der Waals surface area (Å²) in [7, 11) is 0. The lowest BCUT2D eigenvalue weighted by Gasteiger charge is -2.10. The van der Waals surface area contributed by atoms with Crippen LogP contribution in [-0.2, 0) is 6.42 Å². The summed E-state index contributed by atoms with van der Waals surface area (Å²) in [6.45, 7) is 1.85. The molecule has 2 N–H and O–H groups in total. The van der Waals surface area contributed by atoms with Crippen LogP contribution in [0.5, 0.6) is 0 Å². The molecule has 0 fully saturated rings. The Kier molecular flexibility index (Phi) is 5.02. The fourth-order valence-electron chi connectivity index (χ4n) is 1.57. The van der Waals surface area contributed by atoms with Gasteiger partial charge in [-0.2, -0.15) is 0 Å². The van der Waals surface area contributed by atoms with Crippen LogP contribution in [0.2, 0.25) is 0 Å². The number of nitrogens with one attached hydrogen (secondary N) is 1. The number of aryl methyl sites for hydroxylation is 1. The van der Waals surface area contributed by atoms with Crippen LogP contribution in [0, 0.1) is 12.3 Å². The Balaban J connectivity index is 2.35. The minimum Gasteiger partial charge on any atom is -0.465 e. The molecule has 4 heteroatoms. The third kappa shape index (κ3) is 5.03. The highest BCUT2D eigenvalue weighted by Gasteiger charge is 2.05. The maximum absolute atomic E-state index is 10.4. The second kappa shape index (κ2) is 6.54. The summed E-state index contributed by atoms with van der Waals surface area (Å²) < 4.78 is 0. The predicted molar refractivity (Wildman–Crippen MR) is 65.7 cm³/mol. The van der Waals surface area contributed by atoms with E-state index in [2.05, 4.69) is 16.2 Å². The highest BCUT2D eigenvalue weighted by atomic mass is 16.4. The molecule has 0 radical (unpaired) electrons. The number of rotatable bonds is 5. The molecule has 0 aliphatic carbocycles. The van der Waals surface area contributed by atoms with Crippen molar-refractivity contribution in [3.8, 4) is 12.3 Å². The maximum Gasteiger partial charge on any atom is 0.404 e. The van der Waals surface area contributed by atoms with E-state index in [-0.39, 0.29) is 6.04 Å². The number of hydrogen-bond acceptors (Lipinski definition) is 2. The van der Waals surface area contributed by atoms with Crippen molar-refractivity contribution in [3.05, 3.63) is 29.6 Å². The van der Waals surface area contributed by atoms with Gasteiger partial charge in [0.05, 0.1) is 0 Å². The summed E-state index contributed by atoms with van der Waals surface area (Å²) in [6, 6.07) is 5.56. The first-order valence-corrected chi connectivity index (χ1v) is 5.54. The van der Waals surface area contributed by atoms with E-state index in [1.54, 1.807) is 6.07 Å². The Morgan fingerprint density at radius 2 is 2.41 bits per heavy atom. The van der Waals surface area contributed by atoms with Crippen LogP contribution in [0.15, 0.2) is 18.2 Å². The minimum atomic E-state index is -0.982. The number of carboxylic acid groups (broad SMARTS) is 1. The van der Waals surface area contributed by atoms with Crippen molar-refractivity contribution in [1.29, 1.82) is 0 Å². The maximum atomic E-state index is 10.4. The van der Waals surface area contributed by atoms with E-state index in [1.165, 1.54) is 0 Å². The summed E-state index contributed by atoms with van der Waals surface area (Å²) in [5.41, 5.74) is 1.59. The molecule has 0 saturated heterocycles. The molecule has 1 heterocycles. The molecule has 1 aromatic heterocycles. The number of hydrogen-bond donors (Lipinski definition) is 2. The average molecular weight is 232 g/mol. The number of pyridine rings is 1. The van der Waals surface area contributed by atoms with Gasteiger partial charge in [0.1, 0.15) is 5.69 Å². The molecule has 4 nitrogen and oxygen atoms in total. The van der Waals surface area contributed by atoms with Crippen molar-refractivity contribution in [3.63, 3.8) is 0 Å². The fourth-order valence-corrected chi connectivity index (χ4v) is 1.57. The third-order valence-electron chi connectivity index (χ3n) is 2.39. The van der Waals surface area contributed by atoms with Gasteiger partial charge in [-0.1, -0.05) is 12.0 Å². The Morgan fingerprint density at radius 1 is 1.65 bits per heavy atom. The van der Waals surface area contributed by atoms with Crippen LogP contribution >= 0.6 is 0 Å². The standard InChI is InChI=1S/C13H16N2O2/c1-3-11-7-5-9-12(15-11)8-4-6-10(2)14-13(16)17/h1,5,7,9-10,14H,4,6,8H2,2H3,(H,16,17)/t10-/m0/s1. The lowest BCUT2D eigenvalue weighted by Crippen LogP contribution is -2.30. The summed E-state index contributed by atoms with van der Waals surface area (Å²) in [6.07, 6.45) is 6.75. The number of carbonyl (C=O) groups is 1. The smallest absolute Gasteiger partial charge is 0.404 e. The minimum absolute atomic E-state index is 0.0386. The van der Waals surface area contributed by atoms with Crippen molar-refractivity contribution < 1.29 is 9.90 Å². The Morgan fingerprint density at radius 3 is 3.06 bits per heavy atom. The van der Waals surface area contributed by atoms with Crippen molar-refractivity contribution in [2.24, 2.45) is 0 Å². The first kappa shape index (κ1) is 13.0. The van der Waals surface area contributed by atoms with E-state index >= 15 is 0 Å². The highest BCUT2D eigenvalue weighted by molar-refractivity contribution is 5.64. The van der Waals surface area contributed by atoms with Gasteiger partial charge in [-0.05, 0) is 38.3 Å². The van der Waals surface area contributed by atoms with E-state index in [0.717, 1.165) is 25.0 Å². The largest absolute Gasteiger partial charge is 0.465 e. The van der Waals surface area contributed by atoms with Gasteiger partial charge in [0, 0.05) is 11.7 Å². The van der Waals surface area contributed by atoms with Crippen LogP contribution in [-0.4, -0.2) is 22.2 Å². The van der Waals surface area contributed by atoms with E-state index < -0.39 is 6.09 Å². The Hall–Kier alpha value is -2.02. The number of aromatic nitrogens is 1. The first-order chi connectivity index (χ1) is 8.11. The molecule has 90 valence electrons. The number of terminal acetylenes is 1. The zero-order valence-corrected chi connectivity index (χ0v) is 9.81. The fraction of sp³-hybridized carbons (Fsp3) is 0.385. The van der Waals surface area contributed by atoms with Crippen molar-refractivity contribution >= 4 is 6.09 Å². The van der Waals surface area contributed by atoms with E-state index in [9.17, 15) is 4.79 Å². The van der Waals surface area contributed by atoms with Crippen LogP contribution < -0.4 is 5.32 Å². The van der Waals surface area contributed by atoms with Gasteiger partial charge in [-0.3, -0.25) is 0 Å². The van der Waals surface area contributed by atoms with Gasteiger partial charge in [0.25, 0.3) is 0 Å². The second-order valence-electron chi connectivity index (χ2n) is 3.90. The van der Waals surface area contributed by atoms with Crippen LogP contribution in [0.25, 0.3) is 0 Å². The first-order valence-electron chi connectivity index (χ1n) is 5.54. The summed E-state index contributed by atoms with van der Waals surface area (Å²) in [4.78, 5) is 14.7. The Bertz CT molecular complexity index is 424. The third-order valence-corrected chi connectivity index (χ3v) is 2.39. The van der Waals surface area contributed by atoms with Crippen LogP contribution in [0.4, 0.5) is 4.79 Å². The highest BCUT2D eigenvalue weighted by Crippen LogP contribution is 2.05. The van der Waals surface area contributed by atoms with Crippen LogP contribution in [0.1, 0.15) is 31.2 Å². The number of nitrogens with zero attached hydrogens (tertiary/aromatic N) is 1. The molecular formula is C13H16N2O2. The Labute approximate surface area is 101 Å². The van der Waals surface area contributed by atoms with Gasteiger partial charge in [-0.25, -0.2) is 9.78 Å².